The molecule has 0 amide bonds. The Hall–Kier alpha value is -2.01. The Bertz CT molecular complexity index is 521. The van der Waals surface area contributed by atoms with Crippen molar-refractivity contribution < 1.29 is 0 Å². The summed E-state index contributed by atoms with van der Waals surface area (Å²) in [6.45, 7) is 0.441. The summed E-state index contributed by atoms with van der Waals surface area (Å²) in [5, 5.41) is 0. The molecular formula is C11H12N4O. The normalized spacial score (nSPS) is 10.3. The molecule has 2 aromatic rings. The number of aromatic amines is 1. The summed E-state index contributed by atoms with van der Waals surface area (Å²) in [6, 6.07) is 3.64. The van der Waals surface area contributed by atoms with Crippen LogP contribution in [-0.4, -0.2) is 21.5 Å². The molecule has 0 saturated carbocycles. The van der Waals surface area contributed by atoms with Crippen molar-refractivity contribution in [3.63, 3.8) is 0 Å². The van der Waals surface area contributed by atoms with E-state index in [9.17, 15) is 4.79 Å². The number of nitrogens with zero attached hydrogens (tertiary/aromatic N) is 2. The first-order valence-electron chi connectivity index (χ1n) is 5.00. The van der Waals surface area contributed by atoms with E-state index in [4.69, 9.17) is 5.73 Å². The number of nitrogens with one attached hydrogen (secondary N) is 1. The van der Waals surface area contributed by atoms with Crippen molar-refractivity contribution in [1.82, 2.24) is 15.0 Å². The molecule has 0 bridgehead atoms. The molecule has 82 valence electrons. The van der Waals surface area contributed by atoms with E-state index in [1.165, 1.54) is 0 Å². The molecule has 3 N–H and O–H groups in total. The van der Waals surface area contributed by atoms with Gasteiger partial charge in [-0.1, -0.05) is 0 Å². The molecule has 0 saturated heterocycles. The number of hydrogen-bond acceptors (Lipinski definition) is 4. The quantitative estimate of drug-likeness (QED) is 0.774. The Morgan fingerprint density at radius 1 is 1.38 bits per heavy atom. The van der Waals surface area contributed by atoms with Crippen LogP contribution in [0.5, 0.6) is 0 Å². The van der Waals surface area contributed by atoms with Gasteiger partial charge < -0.3 is 10.7 Å². The first-order valence-corrected chi connectivity index (χ1v) is 5.00. The van der Waals surface area contributed by atoms with E-state index >= 15 is 0 Å². The van der Waals surface area contributed by atoms with Gasteiger partial charge in [0.25, 0.3) is 5.56 Å². The molecule has 0 unspecified atom stereocenters. The maximum absolute atomic E-state index is 11.6. The van der Waals surface area contributed by atoms with Crippen LogP contribution in [0.3, 0.4) is 0 Å². The van der Waals surface area contributed by atoms with Crippen molar-refractivity contribution in [2.24, 2.45) is 5.73 Å². The minimum absolute atomic E-state index is 0.140. The van der Waals surface area contributed by atoms with Crippen molar-refractivity contribution in [2.75, 3.05) is 6.54 Å². The highest BCUT2D eigenvalue weighted by Crippen LogP contribution is 2.09. The maximum atomic E-state index is 11.6. The van der Waals surface area contributed by atoms with Crippen LogP contribution in [0, 0.1) is 0 Å². The smallest absolute Gasteiger partial charge is 0.254 e. The van der Waals surface area contributed by atoms with Gasteiger partial charge in [-0.3, -0.25) is 9.78 Å². The Morgan fingerprint density at radius 3 is 2.88 bits per heavy atom. The predicted molar refractivity (Wildman–Crippen MR) is 60.8 cm³/mol. The lowest BCUT2D eigenvalue weighted by Crippen LogP contribution is -2.17. The minimum Gasteiger partial charge on any atom is -0.330 e. The molecule has 2 rings (SSSR count). The van der Waals surface area contributed by atoms with E-state index in [-0.39, 0.29) is 5.56 Å². The summed E-state index contributed by atoms with van der Waals surface area (Å²) in [4.78, 5) is 22.5. The van der Waals surface area contributed by atoms with E-state index in [0.29, 0.717) is 24.4 Å². The predicted octanol–water partition coefficient (Wildman–Crippen LogP) is 0.333. The van der Waals surface area contributed by atoms with Gasteiger partial charge in [-0.2, -0.15) is 0 Å². The zero-order chi connectivity index (χ0) is 11.4. The van der Waals surface area contributed by atoms with Gasteiger partial charge in [0, 0.05) is 29.7 Å². The fourth-order valence-corrected chi connectivity index (χ4v) is 1.40. The molecule has 0 aliphatic rings. The first kappa shape index (κ1) is 10.5. The second-order valence-corrected chi connectivity index (χ2v) is 3.37. The number of rotatable bonds is 3. The van der Waals surface area contributed by atoms with Gasteiger partial charge in [0.2, 0.25) is 0 Å². The fraction of sp³-hybridized carbons (Fsp3) is 0.182. The zero-order valence-electron chi connectivity index (χ0n) is 8.68. The highest BCUT2D eigenvalue weighted by Gasteiger charge is 2.03. The standard InChI is InChI=1S/C11H12N4O/c12-4-3-9-7-14-10(15-11(9)16)8-2-1-5-13-6-8/h1-2,5-7H,3-4,12H2,(H,14,15,16). The Kier molecular flexibility index (Phi) is 3.07. The van der Waals surface area contributed by atoms with Crippen LogP contribution >= 0.6 is 0 Å². The molecule has 2 heterocycles. The average Bonchev–Trinajstić information content (AvgIpc) is 2.33. The SMILES string of the molecule is NCCc1cnc(-c2cccnc2)[nH]c1=O. The largest absolute Gasteiger partial charge is 0.330 e. The Balaban J connectivity index is 2.39. The second-order valence-electron chi connectivity index (χ2n) is 3.37. The molecule has 5 nitrogen and oxygen atoms in total. The van der Waals surface area contributed by atoms with Crippen LogP contribution in [0.25, 0.3) is 11.4 Å². The fourth-order valence-electron chi connectivity index (χ4n) is 1.40. The van der Waals surface area contributed by atoms with Crippen LogP contribution < -0.4 is 11.3 Å². The molecule has 0 spiro atoms. The molecule has 16 heavy (non-hydrogen) atoms. The first-order chi connectivity index (χ1) is 7.81. The molecule has 0 fully saturated rings. The monoisotopic (exact) mass is 216 g/mol. The summed E-state index contributed by atoms with van der Waals surface area (Å²) in [6.07, 6.45) is 5.43. The number of H-pyrrole nitrogens is 1. The molecule has 5 heteroatoms. The lowest BCUT2D eigenvalue weighted by atomic mass is 10.2. The van der Waals surface area contributed by atoms with Crippen molar-refractivity contribution in [1.29, 1.82) is 0 Å². The van der Waals surface area contributed by atoms with E-state index in [0.717, 1.165) is 5.56 Å². The van der Waals surface area contributed by atoms with Crippen LogP contribution in [0.1, 0.15) is 5.56 Å². The number of nitrogens with two attached hydrogens (primary N) is 1. The lowest BCUT2D eigenvalue weighted by molar-refractivity contribution is 0.924. The highest BCUT2D eigenvalue weighted by molar-refractivity contribution is 5.52. The second kappa shape index (κ2) is 4.67. The molecule has 0 aliphatic heterocycles. The summed E-state index contributed by atoms with van der Waals surface area (Å²) in [7, 11) is 0. The van der Waals surface area contributed by atoms with Gasteiger partial charge in [-0.05, 0) is 25.1 Å². The summed E-state index contributed by atoms with van der Waals surface area (Å²) >= 11 is 0. The van der Waals surface area contributed by atoms with Gasteiger partial charge >= 0.3 is 0 Å². The van der Waals surface area contributed by atoms with Crippen molar-refractivity contribution in [2.45, 2.75) is 6.42 Å². The molecule has 0 radical (unpaired) electrons. The number of aromatic nitrogens is 3. The third-order valence-corrected chi connectivity index (χ3v) is 2.22. The highest BCUT2D eigenvalue weighted by atomic mass is 16.1. The van der Waals surface area contributed by atoms with Crippen LogP contribution in [0.2, 0.25) is 0 Å². The van der Waals surface area contributed by atoms with E-state index in [1.54, 1.807) is 24.7 Å². The van der Waals surface area contributed by atoms with Gasteiger partial charge in [-0.15, -0.1) is 0 Å². The summed E-state index contributed by atoms with van der Waals surface area (Å²) in [5.41, 5.74) is 6.65. The Morgan fingerprint density at radius 2 is 2.25 bits per heavy atom. The van der Waals surface area contributed by atoms with Gasteiger partial charge in [-0.25, -0.2) is 4.98 Å². The molecule has 0 atom stereocenters. The molecular weight excluding hydrogens is 204 g/mol. The van der Waals surface area contributed by atoms with Gasteiger partial charge in [0.15, 0.2) is 0 Å². The zero-order valence-corrected chi connectivity index (χ0v) is 8.68. The molecule has 0 aromatic carbocycles. The summed E-state index contributed by atoms with van der Waals surface area (Å²) in [5.74, 6) is 0.527. The van der Waals surface area contributed by atoms with E-state index in [2.05, 4.69) is 15.0 Å². The van der Waals surface area contributed by atoms with Crippen LogP contribution in [0.15, 0.2) is 35.5 Å². The van der Waals surface area contributed by atoms with Gasteiger partial charge in [0.1, 0.15) is 5.82 Å². The summed E-state index contributed by atoms with van der Waals surface area (Å²) < 4.78 is 0. The minimum atomic E-state index is -0.140. The van der Waals surface area contributed by atoms with Crippen LogP contribution in [0.4, 0.5) is 0 Å². The Labute approximate surface area is 92.4 Å². The third kappa shape index (κ3) is 2.14. The van der Waals surface area contributed by atoms with E-state index in [1.807, 2.05) is 6.07 Å². The van der Waals surface area contributed by atoms with Crippen molar-refractivity contribution in [3.05, 3.63) is 46.6 Å². The maximum Gasteiger partial charge on any atom is 0.254 e. The van der Waals surface area contributed by atoms with Crippen LogP contribution in [-0.2, 0) is 6.42 Å². The van der Waals surface area contributed by atoms with E-state index < -0.39 is 0 Å². The molecule has 2 aromatic heterocycles. The molecule has 0 aliphatic carbocycles. The van der Waals surface area contributed by atoms with Crippen molar-refractivity contribution in [3.8, 4) is 11.4 Å². The average molecular weight is 216 g/mol. The van der Waals surface area contributed by atoms with Gasteiger partial charge in [0.05, 0.1) is 0 Å². The number of pyridine rings is 1. The number of hydrogen-bond donors (Lipinski definition) is 2. The third-order valence-electron chi connectivity index (χ3n) is 2.22. The lowest BCUT2D eigenvalue weighted by Gasteiger charge is -2.01. The topological polar surface area (TPSA) is 84.7 Å². The van der Waals surface area contributed by atoms with Crippen molar-refractivity contribution >= 4 is 0 Å².